The van der Waals surface area contributed by atoms with Gasteiger partial charge in [0.2, 0.25) is 0 Å². The number of carbonyl (C=O) groups excluding carboxylic acids is 1. The van der Waals surface area contributed by atoms with Crippen LogP contribution >= 0.6 is 0 Å². The van der Waals surface area contributed by atoms with E-state index >= 15 is 0 Å². The summed E-state index contributed by atoms with van der Waals surface area (Å²) >= 11 is 0. The predicted molar refractivity (Wildman–Crippen MR) is 107 cm³/mol. The van der Waals surface area contributed by atoms with Crippen molar-refractivity contribution >= 4 is 33.8 Å². The molecule has 2 aromatic carbocycles. The summed E-state index contributed by atoms with van der Waals surface area (Å²) in [5, 5.41) is 0.796. The Morgan fingerprint density at radius 3 is 2.72 bits per heavy atom. The van der Waals surface area contributed by atoms with Crippen molar-refractivity contribution in [3.8, 4) is 11.5 Å². The lowest BCUT2D eigenvalue weighted by Crippen LogP contribution is -2.22. The summed E-state index contributed by atoms with van der Waals surface area (Å²) in [5.74, 6) is 0.420. The maximum absolute atomic E-state index is 13.6. The molecule has 2 heterocycles. The average molecular weight is 391 g/mol. The van der Waals surface area contributed by atoms with Gasteiger partial charge in [-0.25, -0.2) is 19.2 Å². The summed E-state index contributed by atoms with van der Waals surface area (Å²) in [6.07, 6.45) is 2.17. The van der Waals surface area contributed by atoms with Gasteiger partial charge in [-0.3, -0.25) is 0 Å². The maximum atomic E-state index is 13.6. The van der Waals surface area contributed by atoms with Crippen LogP contribution in [0.4, 0.5) is 10.2 Å². The molecule has 5 rings (SSSR count). The van der Waals surface area contributed by atoms with Crippen LogP contribution in [0.5, 0.6) is 0 Å². The first-order valence-corrected chi connectivity index (χ1v) is 9.36. The Morgan fingerprint density at radius 2 is 1.97 bits per heavy atom. The Labute approximate surface area is 165 Å². The zero-order chi connectivity index (χ0) is 20.1. The summed E-state index contributed by atoms with van der Waals surface area (Å²) in [6.45, 7) is 0. The van der Waals surface area contributed by atoms with Crippen molar-refractivity contribution in [2.45, 2.75) is 18.9 Å². The molecule has 6 nitrogen and oxygen atoms in total. The minimum atomic E-state index is -0.422. The second-order valence-corrected chi connectivity index (χ2v) is 7.23. The fourth-order valence-electron chi connectivity index (χ4n) is 3.46. The topological polar surface area (TPSA) is 68.5 Å². The van der Waals surface area contributed by atoms with Crippen molar-refractivity contribution in [2.24, 2.45) is 0 Å². The van der Waals surface area contributed by atoms with Crippen LogP contribution in [0.25, 0.3) is 33.5 Å². The van der Waals surface area contributed by atoms with E-state index in [1.165, 1.54) is 19.2 Å². The number of carbonyl (C=O) groups is 1. The van der Waals surface area contributed by atoms with Gasteiger partial charge in [-0.15, -0.1) is 0 Å². The summed E-state index contributed by atoms with van der Waals surface area (Å²) < 4.78 is 24.3. The number of furan rings is 1. The number of ether oxygens (including phenoxy) is 1. The highest BCUT2D eigenvalue weighted by molar-refractivity contribution is 5.94. The van der Waals surface area contributed by atoms with Crippen molar-refractivity contribution in [3.63, 3.8) is 0 Å². The summed E-state index contributed by atoms with van der Waals surface area (Å²) in [6, 6.07) is 11.8. The quantitative estimate of drug-likeness (QED) is 0.475. The number of nitrogens with zero attached hydrogens (tertiary/aromatic N) is 3. The van der Waals surface area contributed by atoms with E-state index in [4.69, 9.17) is 19.1 Å². The van der Waals surface area contributed by atoms with E-state index < -0.39 is 5.97 Å². The lowest BCUT2D eigenvalue weighted by Gasteiger charge is -2.20. The van der Waals surface area contributed by atoms with Crippen LogP contribution in [0.1, 0.15) is 23.2 Å². The van der Waals surface area contributed by atoms with Gasteiger partial charge in [0, 0.05) is 24.5 Å². The average Bonchev–Trinajstić information content (AvgIpc) is 3.50. The molecular formula is C22H18FN3O3. The summed E-state index contributed by atoms with van der Waals surface area (Å²) in [5.41, 5.74) is 2.70. The molecule has 4 aromatic rings. The zero-order valence-electron chi connectivity index (χ0n) is 16.0. The molecule has 2 aromatic heterocycles. The summed E-state index contributed by atoms with van der Waals surface area (Å²) in [7, 11) is 3.32. The number of hydrogen-bond donors (Lipinski definition) is 0. The molecule has 0 radical (unpaired) electrons. The first kappa shape index (κ1) is 17.6. The molecule has 0 saturated heterocycles. The van der Waals surface area contributed by atoms with E-state index in [1.807, 2.05) is 13.1 Å². The highest BCUT2D eigenvalue weighted by Gasteiger charge is 2.30. The second kappa shape index (κ2) is 6.55. The molecule has 0 amide bonds. The number of benzene rings is 2. The minimum absolute atomic E-state index is 0.353. The van der Waals surface area contributed by atoms with Gasteiger partial charge in [0.25, 0.3) is 0 Å². The summed E-state index contributed by atoms with van der Waals surface area (Å²) in [4.78, 5) is 23.5. The minimum Gasteiger partial charge on any atom is -0.465 e. The van der Waals surface area contributed by atoms with Gasteiger partial charge in [0.15, 0.2) is 11.6 Å². The van der Waals surface area contributed by atoms with Crippen molar-refractivity contribution < 1.29 is 18.3 Å². The number of hydrogen-bond acceptors (Lipinski definition) is 6. The smallest absolute Gasteiger partial charge is 0.337 e. The van der Waals surface area contributed by atoms with Crippen LogP contribution in [0, 0.1) is 5.82 Å². The Hall–Kier alpha value is -3.48. The number of aromatic nitrogens is 2. The molecule has 0 bridgehead atoms. The number of esters is 1. The second-order valence-electron chi connectivity index (χ2n) is 7.23. The zero-order valence-corrected chi connectivity index (χ0v) is 16.0. The van der Waals surface area contributed by atoms with E-state index in [0.717, 1.165) is 18.2 Å². The normalized spacial score (nSPS) is 13.8. The molecular weight excluding hydrogens is 373 g/mol. The largest absolute Gasteiger partial charge is 0.465 e. The molecule has 0 N–H and O–H groups in total. The SMILES string of the molecule is COC(=O)c1ccc2nc(-c3cc4ccc(F)cc4o3)c(N(C)C3CC3)nc2c1. The molecule has 1 saturated carbocycles. The molecule has 0 atom stereocenters. The number of rotatable bonds is 4. The van der Waals surface area contributed by atoms with Crippen LogP contribution in [0.2, 0.25) is 0 Å². The molecule has 0 unspecified atom stereocenters. The van der Waals surface area contributed by atoms with Gasteiger partial charge in [-0.05, 0) is 49.2 Å². The van der Waals surface area contributed by atoms with Crippen LogP contribution in [-0.4, -0.2) is 36.1 Å². The fraction of sp³-hybridized carbons (Fsp3) is 0.227. The molecule has 1 aliphatic rings. The Balaban J connectivity index is 1.71. The van der Waals surface area contributed by atoms with Gasteiger partial charge in [0.05, 0.1) is 23.7 Å². The van der Waals surface area contributed by atoms with E-state index in [0.29, 0.717) is 45.5 Å². The van der Waals surface area contributed by atoms with Gasteiger partial charge in [-0.2, -0.15) is 0 Å². The standard InChI is InChI=1S/C22H18FN3O3/c1-26(15-6-7-15)21-20(19-10-12-3-5-14(23)11-18(12)29-19)24-16-8-4-13(22(27)28-2)9-17(16)25-21/h3-5,8-11,15H,6-7H2,1-2H3. The van der Waals surface area contributed by atoms with Crippen molar-refractivity contribution in [1.29, 1.82) is 0 Å². The molecule has 1 fully saturated rings. The number of halogens is 1. The number of anilines is 1. The Morgan fingerprint density at radius 1 is 1.14 bits per heavy atom. The number of fused-ring (bicyclic) bond motifs is 2. The van der Waals surface area contributed by atoms with Crippen LogP contribution in [0.15, 0.2) is 46.9 Å². The highest BCUT2D eigenvalue weighted by Crippen LogP contribution is 2.37. The fourth-order valence-corrected chi connectivity index (χ4v) is 3.46. The number of methoxy groups -OCH3 is 1. The monoisotopic (exact) mass is 391 g/mol. The van der Waals surface area contributed by atoms with E-state index in [9.17, 15) is 9.18 Å². The predicted octanol–water partition coefficient (Wildman–Crippen LogP) is 4.57. The van der Waals surface area contributed by atoms with Gasteiger partial charge >= 0.3 is 5.97 Å². The first-order chi connectivity index (χ1) is 14.0. The maximum Gasteiger partial charge on any atom is 0.337 e. The van der Waals surface area contributed by atoms with E-state index in [-0.39, 0.29) is 5.82 Å². The van der Waals surface area contributed by atoms with Crippen LogP contribution in [-0.2, 0) is 4.74 Å². The van der Waals surface area contributed by atoms with Gasteiger partial charge < -0.3 is 14.1 Å². The molecule has 7 heteroatoms. The first-order valence-electron chi connectivity index (χ1n) is 9.36. The van der Waals surface area contributed by atoms with Crippen LogP contribution < -0.4 is 4.90 Å². The third kappa shape index (κ3) is 3.08. The third-order valence-corrected chi connectivity index (χ3v) is 5.21. The molecule has 0 spiro atoms. The molecule has 1 aliphatic carbocycles. The highest BCUT2D eigenvalue weighted by atomic mass is 19.1. The molecule has 0 aliphatic heterocycles. The van der Waals surface area contributed by atoms with Crippen molar-refractivity contribution in [2.75, 3.05) is 19.1 Å². The van der Waals surface area contributed by atoms with Crippen molar-refractivity contribution in [3.05, 3.63) is 53.8 Å². The van der Waals surface area contributed by atoms with Gasteiger partial charge in [0.1, 0.15) is 17.1 Å². The Bertz CT molecular complexity index is 1260. The van der Waals surface area contributed by atoms with Crippen molar-refractivity contribution in [1.82, 2.24) is 9.97 Å². The molecule has 29 heavy (non-hydrogen) atoms. The van der Waals surface area contributed by atoms with E-state index in [1.54, 1.807) is 24.3 Å². The Kier molecular flexibility index (Phi) is 3.97. The molecule has 146 valence electrons. The van der Waals surface area contributed by atoms with Crippen LogP contribution in [0.3, 0.4) is 0 Å². The third-order valence-electron chi connectivity index (χ3n) is 5.21. The lowest BCUT2D eigenvalue weighted by atomic mass is 10.1. The van der Waals surface area contributed by atoms with E-state index in [2.05, 4.69) is 4.90 Å². The van der Waals surface area contributed by atoms with Gasteiger partial charge in [-0.1, -0.05) is 0 Å². The lowest BCUT2D eigenvalue weighted by molar-refractivity contribution is 0.0601.